The van der Waals surface area contributed by atoms with Crippen LogP contribution in [0.2, 0.25) is 0 Å². The van der Waals surface area contributed by atoms with Crippen LogP contribution in [0.4, 0.5) is 0 Å². The van der Waals surface area contributed by atoms with Gasteiger partial charge in [-0.15, -0.1) is 11.3 Å². The van der Waals surface area contributed by atoms with Crippen molar-refractivity contribution in [3.63, 3.8) is 0 Å². The molecule has 0 aliphatic heterocycles. The maximum absolute atomic E-state index is 11.6. The molecule has 0 saturated heterocycles. The molecule has 21 heavy (non-hydrogen) atoms. The SMILES string of the molecule is Cc1cc(C)c2nc(-c3ccc(C)s3)cc(C(=O)O)c2c1. The summed E-state index contributed by atoms with van der Waals surface area (Å²) in [5, 5.41) is 10.2. The average Bonchev–Trinajstić information content (AvgIpc) is 2.84. The van der Waals surface area contributed by atoms with Crippen molar-refractivity contribution in [2.75, 3.05) is 0 Å². The molecule has 3 rings (SSSR count). The number of nitrogens with zero attached hydrogens (tertiary/aromatic N) is 1. The van der Waals surface area contributed by atoms with E-state index in [1.54, 1.807) is 17.4 Å². The minimum Gasteiger partial charge on any atom is -0.478 e. The summed E-state index contributed by atoms with van der Waals surface area (Å²) < 4.78 is 0. The van der Waals surface area contributed by atoms with Crippen molar-refractivity contribution >= 4 is 28.2 Å². The van der Waals surface area contributed by atoms with Gasteiger partial charge in [-0.25, -0.2) is 9.78 Å². The second-order valence-electron chi connectivity index (χ2n) is 5.25. The molecule has 3 nitrogen and oxygen atoms in total. The van der Waals surface area contributed by atoms with Gasteiger partial charge in [0.1, 0.15) is 0 Å². The molecule has 0 unspecified atom stereocenters. The van der Waals surface area contributed by atoms with Crippen molar-refractivity contribution in [2.45, 2.75) is 20.8 Å². The summed E-state index contributed by atoms with van der Waals surface area (Å²) in [4.78, 5) is 18.5. The van der Waals surface area contributed by atoms with Crippen LogP contribution in [0.3, 0.4) is 0 Å². The number of aromatic nitrogens is 1. The maximum Gasteiger partial charge on any atom is 0.336 e. The topological polar surface area (TPSA) is 50.2 Å². The van der Waals surface area contributed by atoms with Gasteiger partial charge in [-0.1, -0.05) is 11.6 Å². The highest BCUT2D eigenvalue weighted by molar-refractivity contribution is 7.15. The molecule has 0 aliphatic carbocycles. The van der Waals surface area contributed by atoms with E-state index in [4.69, 9.17) is 0 Å². The Hall–Kier alpha value is -2.20. The second-order valence-corrected chi connectivity index (χ2v) is 6.54. The monoisotopic (exact) mass is 297 g/mol. The zero-order valence-corrected chi connectivity index (χ0v) is 12.9. The van der Waals surface area contributed by atoms with Crippen LogP contribution in [-0.2, 0) is 0 Å². The predicted octanol–water partition coefficient (Wildman–Crippen LogP) is 4.59. The van der Waals surface area contributed by atoms with E-state index in [2.05, 4.69) is 4.98 Å². The molecule has 0 saturated carbocycles. The molecule has 0 fully saturated rings. The first kappa shape index (κ1) is 13.8. The Bertz CT molecular complexity index is 865. The third kappa shape index (κ3) is 2.43. The minimum absolute atomic E-state index is 0.313. The third-order valence-electron chi connectivity index (χ3n) is 3.47. The van der Waals surface area contributed by atoms with Crippen LogP contribution in [0.5, 0.6) is 0 Å². The Labute approximate surface area is 126 Å². The number of hydrogen-bond acceptors (Lipinski definition) is 3. The lowest BCUT2D eigenvalue weighted by atomic mass is 10.0. The molecule has 0 bridgehead atoms. The van der Waals surface area contributed by atoms with Gasteiger partial charge in [-0.05, 0) is 50.6 Å². The van der Waals surface area contributed by atoms with Crippen LogP contribution in [0, 0.1) is 20.8 Å². The van der Waals surface area contributed by atoms with Crippen molar-refractivity contribution in [1.29, 1.82) is 0 Å². The smallest absolute Gasteiger partial charge is 0.336 e. The summed E-state index contributed by atoms with van der Waals surface area (Å²) in [6.45, 7) is 5.97. The van der Waals surface area contributed by atoms with Gasteiger partial charge in [0.2, 0.25) is 0 Å². The lowest BCUT2D eigenvalue weighted by Crippen LogP contribution is -2.01. The van der Waals surface area contributed by atoms with E-state index in [0.717, 1.165) is 27.2 Å². The Morgan fingerprint density at radius 1 is 1.14 bits per heavy atom. The number of carbonyl (C=O) groups is 1. The van der Waals surface area contributed by atoms with Gasteiger partial charge in [0.25, 0.3) is 0 Å². The summed E-state index contributed by atoms with van der Waals surface area (Å²) in [7, 11) is 0. The van der Waals surface area contributed by atoms with Gasteiger partial charge < -0.3 is 5.11 Å². The third-order valence-corrected chi connectivity index (χ3v) is 4.49. The summed E-state index contributed by atoms with van der Waals surface area (Å²) in [6, 6.07) is 9.61. The second kappa shape index (κ2) is 4.97. The number of benzene rings is 1. The molecule has 2 aromatic heterocycles. The van der Waals surface area contributed by atoms with Crippen molar-refractivity contribution < 1.29 is 9.90 Å². The van der Waals surface area contributed by atoms with E-state index in [-0.39, 0.29) is 0 Å². The highest BCUT2D eigenvalue weighted by Crippen LogP contribution is 2.31. The van der Waals surface area contributed by atoms with E-state index in [0.29, 0.717) is 10.9 Å². The van der Waals surface area contributed by atoms with Gasteiger partial charge in [-0.3, -0.25) is 0 Å². The van der Waals surface area contributed by atoms with Gasteiger partial charge >= 0.3 is 5.97 Å². The van der Waals surface area contributed by atoms with E-state index in [9.17, 15) is 9.90 Å². The van der Waals surface area contributed by atoms with E-state index in [1.165, 1.54) is 4.88 Å². The van der Waals surface area contributed by atoms with Crippen molar-refractivity contribution in [3.05, 3.63) is 51.9 Å². The van der Waals surface area contributed by atoms with Crippen molar-refractivity contribution in [1.82, 2.24) is 4.98 Å². The number of aryl methyl sites for hydroxylation is 3. The molecule has 106 valence electrons. The number of fused-ring (bicyclic) bond motifs is 1. The van der Waals surface area contributed by atoms with Gasteiger partial charge in [0.15, 0.2) is 0 Å². The van der Waals surface area contributed by atoms with E-state index in [1.807, 2.05) is 45.0 Å². The predicted molar refractivity (Wildman–Crippen MR) is 86.2 cm³/mol. The van der Waals surface area contributed by atoms with E-state index < -0.39 is 5.97 Å². The Balaban J connectivity index is 2.37. The molecule has 0 atom stereocenters. The summed E-state index contributed by atoms with van der Waals surface area (Å²) in [5.74, 6) is -0.915. The fourth-order valence-electron chi connectivity index (χ4n) is 2.56. The standard InChI is InChI=1S/C17H15NO2S/c1-9-6-10(2)16-12(7-9)13(17(19)20)8-14(18-16)15-5-4-11(3)21-15/h4-8H,1-3H3,(H,19,20). The molecular formula is C17H15NO2S. The number of hydrogen-bond donors (Lipinski definition) is 1. The summed E-state index contributed by atoms with van der Waals surface area (Å²) >= 11 is 1.62. The summed E-state index contributed by atoms with van der Waals surface area (Å²) in [6.07, 6.45) is 0. The molecule has 0 amide bonds. The number of pyridine rings is 1. The highest BCUT2D eigenvalue weighted by Gasteiger charge is 2.15. The van der Waals surface area contributed by atoms with E-state index >= 15 is 0 Å². The maximum atomic E-state index is 11.6. The van der Waals surface area contributed by atoms with Crippen LogP contribution in [0.1, 0.15) is 26.4 Å². The minimum atomic E-state index is -0.915. The lowest BCUT2D eigenvalue weighted by Gasteiger charge is -2.09. The fourth-order valence-corrected chi connectivity index (χ4v) is 3.38. The number of aromatic carboxylic acids is 1. The van der Waals surface area contributed by atoms with Gasteiger partial charge in [0.05, 0.1) is 21.7 Å². The molecule has 1 N–H and O–H groups in total. The van der Waals surface area contributed by atoms with Crippen LogP contribution < -0.4 is 0 Å². The lowest BCUT2D eigenvalue weighted by molar-refractivity contribution is 0.0699. The Morgan fingerprint density at radius 3 is 2.52 bits per heavy atom. The molecule has 0 radical (unpaired) electrons. The molecule has 0 aliphatic rings. The summed E-state index contributed by atoms with van der Waals surface area (Å²) in [5.41, 5.74) is 3.85. The van der Waals surface area contributed by atoms with Gasteiger partial charge in [0, 0.05) is 10.3 Å². The van der Waals surface area contributed by atoms with Crippen LogP contribution >= 0.6 is 11.3 Å². The zero-order chi connectivity index (χ0) is 15.1. The molecule has 4 heteroatoms. The van der Waals surface area contributed by atoms with Gasteiger partial charge in [-0.2, -0.15) is 0 Å². The molecule has 3 aromatic rings. The first-order valence-electron chi connectivity index (χ1n) is 6.68. The highest BCUT2D eigenvalue weighted by atomic mass is 32.1. The number of rotatable bonds is 2. The normalized spacial score (nSPS) is 11.0. The van der Waals surface area contributed by atoms with Crippen LogP contribution in [-0.4, -0.2) is 16.1 Å². The molecule has 2 heterocycles. The Kier molecular flexibility index (Phi) is 3.26. The first-order valence-corrected chi connectivity index (χ1v) is 7.49. The number of carboxylic acid groups (broad SMARTS) is 1. The van der Waals surface area contributed by atoms with Crippen molar-refractivity contribution in [3.8, 4) is 10.6 Å². The number of carboxylic acids is 1. The molecule has 0 spiro atoms. The molecular weight excluding hydrogens is 282 g/mol. The average molecular weight is 297 g/mol. The zero-order valence-electron chi connectivity index (χ0n) is 12.1. The molecule has 1 aromatic carbocycles. The first-order chi connectivity index (χ1) is 9.95. The largest absolute Gasteiger partial charge is 0.478 e. The van der Waals surface area contributed by atoms with Crippen molar-refractivity contribution in [2.24, 2.45) is 0 Å². The fraction of sp³-hybridized carbons (Fsp3) is 0.176. The van der Waals surface area contributed by atoms with Crippen LogP contribution in [0.15, 0.2) is 30.3 Å². The quantitative estimate of drug-likeness (QED) is 0.752. The Morgan fingerprint density at radius 2 is 1.90 bits per heavy atom. The number of thiophene rings is 1. The van der Waals surface area contributed by atoms with Crippen LogP contribution in [0.25, 0.3) is 21.5 Å².